The highest BCUT2D eigenvalue weighted by molar-refractivity contribution is 6.07. The van der Waals surface area contributed by atoms with Crippen LogP contribution in [0.2, 0.25) is 0 Å². The van der Waals surface area contributed by atoms with Gasteiger partial charge in [0.1, 0.15) is 5.82 Å². The van der Waals surface area contributed by atoms with E-state index < -0.39 is 11.9 Å². The molecule has 0 saturated heterocycles. The number of aromatic amines is 1. The fourth-order valence-electron chi connectivity index (χ4n) is 3.05. The molecule has 1 amide bonds. The van der Waals surface area contributed by atoms with Gasteiger partial charge in [-0.3, -0.25) is 4.79 Å². The first-order valence-corrected chi connectivity index (χ1v) is 7.33. The van der Waals surface area contributed by atoms with Gasteiger partial charge in [-0.15, -0.1) is 0 Å². The lowest BCUT2D eigenvalue weighted by Gasteiger charge is -2.28. The Labute approximate surface area is 122 Å². The molecule has 21 heavy (non-hydrogen) atoms. The first kappa shape index (κ1) is 14.1. The number of rotatable bonds is 2. The lowest BCUT2D eigenvalue weighted by atomic mass is 9.92. The second-order valence-corrected chi connectivity index (χ2v) is 5.75. The molecule has 1 aromatic heterocycles. The molecule has 1 aliphatic carbocycles. The summed E-state index contributed by atoms with van der Waals surface area (Å²) < 4.78 is 14.0. The minimum atomic E-state index is -0.514. The highest BCUT2D eigenvalue weighted by atomic mass is 19.1. The Kier molecular flexibility index (Phi) is 3.68. The van der Waals surface area contributed by atoms with Gasteiger partial charge in [0.25, 0.3) is 5.91 Å². The van der Waals surface area contributed by atoms with Crippen LogP contribution in [-0.4, -0.2) is 28.1 Å². The molecule has 4 nitrogen and oxygen atoms in total. The van der Waals surface area contributed by atoms with Gasteiger partial charge < -0.3 is 15.4 Å². The standard InChI is InChI=1S/C16H19FN2O2/c1-9-6-7-11(17)14-10(8-18-15(9)14)16(21)19-12-4-2-3-5-13(12)20/h6-8,12-13,18,20H,2-5H2,1H3,(H,19,21)/t12-,13-/m0/s1. The predicted octanol–water partition coefficient (Wildman–Crippen LogP) is 2.65. The number of amides is 1. The molecule has 0 aliphatic heterocycles. The second-order valence-electron chi connectivity index (χ2n) is 5.75. The Hall–Kier alpha value is -1.88. The summed E-state index contributed by atoms with van der Waals surface area (Å²) in [6, 6.07) is 2.81. The molecule has 2 atom stereocenters. The average Bonchev–Trinajstić information content (AvgIpc) is 2.92. The van der Waals surface area contributed by atoms with Crippen molar-refractivity contribution in [1.82, 2.24) is 10.3 Å². The van der Waals surface area contributed by atoms with Gasteiger partial charge in [0.05, 0.1) is 23.2 Å². The van der Waals surface area contributed by atoms with Crippen LogP contribution in [0.1, 0.15) is 41.6 Å². The fraction of sp³-hybridized carbons (Fsp3) is 0.438. The highest BCUT2D eigenvalue weighted by Crippen LogP contribution is 2.25. The van der Waals surface area contributed by atoms with Crippen molar-refractivity contribution in [3.8, 4) is 0 Å². The van der Waals surface area contributed by atoms with Crippen molar-refractivity contribution in [2.24, 2.45) is 0 Å². The molecule has 0 bridgehead atoms. The van der Waals surface area contributed by atoms with E-state index in [0.29, 0.717) is 22.9 Å². The summed E-state index contributed by atoms with van der Waals surface area (Å²) in [5, 5.41) is 13.1. The highest BCUT2D eigenvalue weighted by Gasteiger charge is 2.26. The van der Waals surface area contributed by atoms with Crippen LogP contribution in [-0.2, 0) is 0 Å². The molecule has 1 heterocycles. The number of fused-ring (bicyclic) bond motifs is 1. The molecule has 3 N–H and O–H groups in total. The topological polar surface area (TPSA) is 65.1 Å². The number of nitrogens with one attached hydrogen (secondary N) is 2. The molecule has 0 spiro atoms. The average molecular weight is 290 g/mol. The number of aliphatic hydroxyl groups excluding tert-OH is 1. The summed E-state index contributed by atoms with van der Waals surface area (Å²) in [6.45, 7) is 1.87. The van der Waals surface area contributed by atoms with Crippen molar-refractivity contribution < 1.29 is 14.3 Å². The number of H-pyrrole nitrogens is 1. The number of aliphatic hydroxyl groups is 1. The van der Waals surface area contributed by atoms with Gasteiger partial charge in [-0.2, -0.15) is 0 Å². The molecule has 3 rings (SSSR count). The Bertz CT molecular complexity index is 680. The predicted molar refractivity (Wildman–Crippen MR) is 78.7 cm³/mol. The van der Waals surface area contributed by atoms with E-state index in [-0.39, 0.29) is 11.9 Å². The Morgan fingerprint density at radius 3 is 2.90 bits per heavy atom. The third kappa shape index (κ3) is 2.53. The minimum Gasteiger partial charge on any atom is -0.391 e. The largest absolute Gasteiger partial charge is 0.391 e. The maximum Gasteiger partial charge on any atom is 0.253 e. The molecule has 0 radical (unpaired) electrons. The van der Waals surface area contributed by atoms with Crippen LogP contribution in [0.25, 0.3) is 10.9 Å². The van der Waals surface area contributed by atoms with E-state index in [2.05, 4.69) is 10.3 Å². The minimum absolute atomic E-state index is 0.246. The first-order valence-electron chi connectivity index (χ1n) is 7.33. The summed E-state index contributed by atoms with van der Waals surface area (Å²) in [7, 11) is 0. The molecule has 0 unspecified atom stereocenters. The van der Waals surface area contributed by atoms with Gasteiger partial charge >= 0.3 is 0 Å². The molecule has 2 aromatic rings. The summed E-state index contributed by atoms with van der Waals surface area (Å²) in [5.41, 5.74) is 1.83. The van der Waals surface area contributed by atoms with Gasteiger partial charge in [0, 0.05) is 11.6 Å². The van der Waals surface area contributed by atoms with Gasteiger partial charge in [0.2, 0.25) is 0 Å². The van der Waals surface area contributed by atoms with Crippen molar-refractivity contribution in [2.45, 2.75) is 44.8 Å². The van der Waals surface area contributed by atoms with Gasteiger partial charge in [-0.1, -0.05) is 18.9 Å². The second kappa shape index (κ2) is 5.48. The Morgan fingerprint density at radius 1 is 1.38 bits per heavy atom. The van der Waals surface area contributed by atoms with Crippen molar-refractivity contribution in [3.05, 3.63) is 35.3 Å². The molecule has 1 fully saturated rings. The molecule has 112 valence electrons. The van der Waals surface area contributed by atoms with Crippen molar-refractivity contribution in [3.63, 3.8) is 0 Å². The number of hydrogen-bond acceptors (Lipinski definition) is 2. The Balaban J connectivity index is 1.90. The fourth-order valence-corrected chi connectivity index (χ4v) is 3.05. The van der Waals surface area contributed by atoms with Crippen LogP contribution in [0.15, 0.2) is 18.3 Å². The SMILES string of the molecule is Cc1ccc(F)c2c(C(=O)N[C@H]3CCCC[C@@H]3O)c[nH]c12. The van der Waals surface area contributed by atoms with E-state index in [1.165, 1.54) is 12.3 Å². The number of benzene rings is 1. The third-order valence-electron chi connectivity index (χ3n) is 4.28. The summed E-state index contributed by atoms with van der Waals surface area (Å²) in [5.74, 6) is -0.747. The zero-order valence-corrected chi connectivity index (χ0v) is 11.9. The maximum absolute atomic E-state index is 14.0. The van der Waals surface area contributed by atoms with E-state index in [9.17, 15) is 14.3 Å². The van der Waals surface area contributed by atoms with E-state index in [0.717, 1.165) is 24.8 Å². The monoisotopic (exact) mass is 290 g/mol. The molecular formula is C16H19FN2O2. The smallest absolute Gasteiger partial charge is 0.253 e. The number of aryl methyl sites for hydroxylation is 1. The van der Waals surface area contributed by atoms with Crippen molar-refractivity contribution in [1.29, 1.82) is 0 Å². The van der Waals surface area contributed by atoms with Crippen molar-refractivity contribution in [2.75, 3.05) is 0 Å². The van der Waals surface area contributed by atoms with Crippen molar-refractivity contribution >= 4 is 16.8 Å². The number of aromatic nitrogens is 1. The lowest BCUT2D eigenvalue weighted by Crippen LogP contribution is -2.45. The van der Waals surface area contributed by atoms with Crippen LogP contribution in [0.3, 0.4) is 0 Å². The lowest BCUT2D eigenvalue weighted by molar-refractivity contribution is 0.0718. The summed E-state index contributed by atoms with van der Waals surface area (Å²) >= 11 is 0. The number of hydrogen-bond donors (Lipinski definition) is 3. The zero-order valence-electron chi connectivity index (χ0n) is 11.9. The Morgan fingerprint density at radius 2 is 2.14 bits per heavy atom. The van der Waals surface area contributed by atoms with Gasteiger partial charge in [-0.25, -0.2) is 4.39 Å². The molecule has 1 aliphatic rings. The van der Waals surface area contributed by atoms with E-state index in [1.807, 2.05) is 6.92 Å². The van der Waals surface area contributed by atoms with E-state index in [1.54, 1.807) is 6.07 Å². The normalized spacial score (nSPS) is 22.4. The van der Waals surface area contributed by atoms with Crippen LogP contribution >= 0.6 is 0 Å². The maximum atomic E-state index is 14.0. The number of carbonyl (C=O) groups is 1. The molecule has 1 aromatic carbocycles. The van der Waals surface area contributed by atoms with E-state index >= 15 is 0 Å². The van der Waals surface area contributed by atoms with Crippen LogP contribution in [0, 0.1) is 12.7 Å². The van der Waals surface area contributed by atoms with Crippen LogP contribution in [0.4, 0.5) is 4.39 Å². The third-order valence-corrected chi connectivity index (χ3v) is 4.28. The van der Waals surface area contributed by atoms with Crippen LogP contribution in [0.5, 0.6) is 0 Å². The summed E-state index contributed by atoms with van der Waals surface area (Å²) in [4.78, 5) is 15.4. The molecule has 1 saturated carbocycles. The van der Waals surface area contributed by atoms with Gasteiger partial charge in [-0.05, 0) is 31.4 Å². The number of halogens is 1. The van der Waals surface area contributed by atoms with Gasteiger partial charge in [0.15, 0.2) is 0 Å². The first-order chi connectivity index (χ1) is 10.1. The van der Waals surface area contributed by atoms with Crippen LogP contribution < -0.4 is 5.32 Å². The summed E-state index contributed by atoms with van der Waals surface area (Å²) in [6.07, 6.45) is 4.45. The quantitative estimate of drug-likeness (QED) is 0.796. The molecular weight excluding hydrogens is 271 g/mol. The zero-order chi connectivity index (χ0) is 15.0. The number of carbonyl (C=O) groups excluding carboxylic acids is 1. The van der Waals surface area contributed by atoms with E-state index in [4.69, 9.17) is 0 Å². The molecule has 5 heteroatoms.